The van der Waals surface area contributed by atoms with Crippen LogP contribution in [0.2, 0.25) is 0 Å². The van der Waals surface area contributed by atoms with E-state index in [1.54, 1.807) is 0 Å². The molecule has 0 aliphatic carbocycles. The van der Waals surface area contributed by atoms with Crippen LogP contribution in [0.1, 0.15) is 30.7 Å². The van der Waals surface area contributed by atoms with Gasteiger partial charge in [0.15, 0.2) is 5.76 Å². The van der Waals surface area contributed by atoms with Crippen LogP contribution in [0.5, 0.6) is 0 Å². The Morgan fingerprint density at radius 2 is 2.17 bits per heavy atom. The van der Waals surface area contributed by atoms with Crippen molar-refractivity contribution < 1.29 is 4.52 Å². The van der Waals surface area contributed by atoms with Gasteiger partial charge in [0.25, 0.3) is 0 Å². The molecule has 2 saturated heterocycles. The van der Waals surface area contributed by atoms with E-state index in [4.69, 9.17) is 4.52 Å². The standard InChI is InChI=1S/C13H21N3O.ClH/c1-11-8-12(17-15-11)9-16-7-4-13(10-16)2-5-14-6-3-13;/h8,14H,2-7,9-10H2,1H3;1H. The molecule has 2 aliphatic rings. The first-order valence-corrected chi connectivity index (χ1v) is 6.61. The van der Waals surface area contributed by atoms with Crippen LogP contribution in [-0.4, -0.2) is 36.2 Å². The third-order valence-corrected chi connectivity index (χ3v) is 4.24. The molecular formula is C13H22ClN3O. The maximum atomic E-state index is 5.30. The topological polar surface area (TPSA) is 41.3 Å². The van der Waals surface area contributed by atoms with Gasteiger partial charge in [-0.1, -0.05) is 5.16 Å². The number of halogens is 1. The molecule has 1 aromatic rings. The lowest BCUT2D eigenvalue weighted by Gasteiger charge is -2.33. The van der Waals surface area contributed by atoms with E-state index in [9.17, 15) is 0 Å². The summed E-state index contributed by atoms with van der Waals surface area (Å²) in [6, 6.07) is 2.05. The van der Waals surface area contributed by atoms with E-state index in [0.717, 1.165) is 18.0 Å². The van der Waals surface area contributed by atoms with Gasteiger partial charge in [-0.2, -0.15) is 0 Å². The molecule has 3 heterocycles. The summed E-state index contributed by atoms with van der Waals surface area (Å²) in [6.07, 6.45) is 4.01. The van der Waals surface area contributed by atoms with Crippen molar-refractivity contribution in [1.29, 1.82) is 0 Å². The van der Waals surface area contributed by atoms with Crippen LogP contribution in [0.15, 0.2) is 10.6 Å². The molecule has 0 aromatic carbocycles. The zero-order valence-electron chi connectivity index (χ0n) is 10.9. The molecule has 5 heteroatoms. The first-order chi connectivity index (χ1) is 8.26. The van der Waals surface area contributed by atoms with Gasteiger partial charge in [0.2, 0.25) is 0 Å². The van der Waals surface area contributed by atoms with E-state index in [0.29, 0.717) is 5.41 Å². The van der Waals surface area contributed by atoms with Gasteiger partial charge in [0, 0.05) is 12.6 Å². The van der Waals surface area contributed by atoms with Gasteiger partial charge in [-0.25, -0.2) is 0 Å². The lowest BCUT2D eigenvalue weighted by molar-refractivity contribution is 0.186. The second-order valence-electron chi connectivity index (χ2n) is 5.65. The van der Waals surface area contributed by atoms with Crippen molar-refractivity contribution >= 4 is 12.4 Å². The minimum absolute atomic E-state index is 0. The molecule has 0 atom stereocenters. The lowest BCUT2D eigenvalue weighted by Crippen LogP contribution is -2.38. The Morgan fingerprint density at radius 3 is 2.83 bits per heavy atom. The van der Waals surface area contributed by atoms with Crippen molar-refractivity contribution in [2.75, 3.05) is 26.2 Å². The number of likely N-dealkylation sites (tertiary alicyclic amines) is 1. The third-order valence-electron chi connectivity index (χ3n) is 4.24. The molecule has 0 unspecified atom stereocenters. The zero-order valence-corrected chi connectivity index (χ0v) is 11.8. The molecule has 1 N–H and O–H groups in total. The summed E-state index contributed by atoms with van der Waals surface area (Å²) in [6.45, 7) is 7.72. The molecule has 0 amide bonds. The van der Waals surface area contributed by atoms with Crippen molar-refractivity contribution in [3.8, 4) is 0 Å². The van der Waals surface area contributed by atoms with Gasteiger partial charge in [0.1, 0.15) is 0 Å². The van der Waals surface area contributed by atoms with Gasteiger partial charge >= 0.3 is 0 Å². The largest absolute Gasteiger partial charge is 0.360 e. The normalized spacial score (nSPS) is 23.2. The van der Waals surface area contributed by atoms with Crippen LogP contribution in [0.25, 0.3) is 0 Å². The second-order valence-corrected chi connectivity index (χ2v) is 5.65. The predicted octanol–water partition coefficient (Wildman–Crippen LogP) is 1.98. The minimum Gasteiger partial charge on any atom is -0.360 e. The van der Waals surface area contributed by atoms with E-state index in [-0.39, 0.29) is 12.4 Å². The lowest BCUT2D eigenvalue weighted by atomic mass is 9.78. The summed E-state index contributed by atoms with van der Waals surface area (Å²) in [4.78, 5) is 2.52. The molecule has 2 aliphatic heterocycles. The fourth-order valence-corrected chi connectivity index (χ4v) is 3.24. The Kier molecular flexibility index (Phi) is 4.30. The summed E-state index contributed by atoms with van der Waals surface area (Å²) >= 11 is 0. The maximum absolute atomic E-state index is 5.30. The fourth-order valence-electron chi connectivity index (χ4n) is 3.24. The van der Waals surface area contributed by atoms with E-state index < -0.39 is 0 Å². The van der Waals surface area contributed by atoms with E-state index >= 15 is 0 Å². The average molecular weight is 272 g/mol. The van der Waals surface area contributed by atoms with Gasteiger partial charge in [0.05, 0.1) is 12.2 Å². The number of nitrogens with one attached hydrogen (secondary N) is 1. The van der Waals surface area contributed by atoms with E-state index in [2.05, 4.69) is 15.4 Å². The first kappa shape index (κ1) is 13.8. The molecule has 18 heavy (non-hydrogen) atoms. The average Bonchev–Trinajstić information content (AvgIpc) is 2.89. The Morgan fingerprint density at radius 1 is 1.39 bits per heavy atom. The van der Waals surface area contributed by atoms with Crippen LogP contribution in [0.4, 0.5) is 0 Å². The van der Waals surface area contributed by atoms with E-state index in [1.807, 2.05) is 13.0 Å². The van der Waals surface area contributed by atoms with Gasteiger partial charge in [-0.15, -0.1) is 12.4 Å². The number of piperidine rings is 1. The van der Waals surface area contributed by atoms with Gasteiger partial charge in [-0.3, -0.25) is 4.90 Å². The Balaban J connectivity index is 0.00000120. The van der Waals surface area contributed by atoms with Crippen LogP contribution < -0.4 is 5.32 Å². The smallest absolute Gasteiger partial charge is 0.150 e. The van der Waals surface area contributed by atoms with Crippen molar-refractivity contribution in [2.24, 2.45) is 5.41 Å². The molecule has 2 fully saturated rings. The quantitative estimate of drug-likeness (QED) is 0.893. The van der Waals surface area contributed by atoms with Crippen molar-refractivity contribution in [1.82, 2.24) is 15.4 Å². The van der Waals surface area contributed by atoms with Gasteiger partial charge in [-0.05, 0) is 51.2 Å². The van der Waals surface area contributed by atoms with Crippen LogP contribution in [0.3, 0.4) is 0 Å². The third kappa shape index (κ3) is 2.87. The Bertz CT molecular complexity index is 387. The molecule has 4 nitrogen and oxygen atoms in total. The SMILES string of the molecule is Cc1cc(CN2CCC3(CCNCC3)C2)on1.Cl. The molecule has 0 bridgehead atoms. The van der Waals surface area contributed by atoms with Crippen molar-refractivity contribution in [2.45, 2.75) is 32.7 Å². The predicted molar refractivity (Wildman–Crippen MR) is 72.9 cm³/mol. The highest BCUT2D eigenvalue weighted by molar-refractivity contribution is 5.85. The Hall–Kier alpha value is -0.580. The first-order valence-electron chi connectivity index (χ1n) is 6.61. The molecular weight excluding hydrogens is 250 g/mol. The molecule has 102 valence electrons. The van der Waals surface area contributed by atoms with Crippen LogP contribution >= 0.6 is 12.4 Å². The zero-order chi connectivity index (χ0) is 11.7. The number of hydrogen-bond donors (Lipinski definition) is 1. The summed E-state index contributed by atoms with van der Waals surface area (Å²) < 4.78 is 5.30. The number of aryl methyl sites for hydroxylation is 1. The highest BCUT2D eigenvalue weighted by atomic mass is 35.5. The summed E-state index contributed by atoms with van der Waals surface area (Å²) in [5.74, 6) is 1.01. The monoisotopic (exact) mass is 271 g/mol. The molecule has 3 rings (SSSR count). The van der Waals surface area contributed by atoms with E-state index in [1.165, 1.54) is 45.4 Å². The van der Waals surface area contributed by atoms with Gasteiger partial charge < -0.3 is 9.84 Å². The summed E-state index contributed by atoms with van der Waals surface area (Å²) in [5, 5.41) is 7.41. The van der Waals surface area contributed by atoms with Crippen molar-refractivity contribution in [3.63, 3.8) is 0 Å². The summed E-state index contributed by atoms with van der Waals surface area (Å²) in [5.41, 5.74) is 1.57. The number of nitrogens with zero attached hydrogens (tertiary/aromatic N) is 2. The highest BCUT2D eigenvalue weighted by Crippen LogP contribution is 2.38. The molecule has 1 spiro atoms. The fraction of sp³-hybridized carbons (Fsp3) is 0.769. The molecule has 1 aromatic heterocycles. The van der Waals surface area contributed by atoms with Crippen LogP contribution in [-0.2, 0) is 6.54 Å². The number of rotatable bonds is 2. The number of aromatic nitrogens is 1. The molecule has 0 saturated carbocycles. The highest BCUT2D eigenvalue weighted by Gasteiger charge is 2.38. The molecule has 0 radical (unpaired) electrons. The maximum Gasteiger partial charge on any atom is 0.150 e. The minimum atomic E-state index is 0. The summed E-state index contributed by atoms with van der Waals surface area (Å²) in [7, 11) is 0. The van der Waals surface area contributed by atoms with Crippen molar-refractivity contribution in [3.05, 3.63) is 17.5 Å². The second kappa shape index (κ2) is 5.59. The van der Waals surface area contributed by atoms with Crippen LogP contribution in [0, 0.1) is 12.3 Å². The number of hydrogen-bond acceptors (Lipinski definition) is 4. The Labute approximate surface area is 114 Å².